The summed E-state index contributed by atoms with van der Waals surface area (Å²) in [6.07, 6.45) is 4.01. The number of pyridine rings is 1. The predicted octanol–water partition coefficient (Wildman–Crippen LogP) is 2.86. The van der Waals surface area contributed by atoms with Gasteiger partial charge in [0.15, 0.2) is 0 Å². The van der Waals surface area contributed by atoms with Gasteiger partial charge in [-0.15, -0.1) is 0 Å². The van der Waals surface area contributed by atoms with Crippen molar-refractivity contribution in [2.75, 3.05) is 0 Å². The quantitative estimate of drug-likeness (QED) is 0.689. The van der Waals surface area contributed by atoms with E-state index in [9.17, 15) is 0 Å². The molecule has 0 N–H and O–H groups in total. The van der Waals surface area contributed by atoms with E-state index in [-0.39, 0.29) is 0 Å². The van der Waals surface area contributed by atoms with E-state index < -0.39 is 0 Å². The molecule has 2 aromatic rings. The van der Waals surface area contributed by atoms with Gasteiger partial charge in [-0.3, -0.25) is 4.98 Å². The molecule has 0 bridgehead atoms. The normalized spacial score (nSPS) is 10.6. The van der Waals surface area contributed by atoms with Crippen LogP contribution in [0.1, 0.15) is 5.69 Å². The molecule has 0 saturated carbocycles. The predicted molar refractivity (Wildman–Crippen MR) is 60.2 cm³/mol. The number of hydrogen-bond acceptors (Lipinski definition) is 2. The lowest BCUT2D eigenvalue weighted by molar-refractivity contribution is 1.14. The summed E-state index contributed by atoms with van der Waals surface area (Å²) in [6, 6.07) is 14.0. The van der Waals surface area contributed by atoms with Crippen molar-refractivity contribution < 1.29 is 0 Å². The van der Waals surface area contributed by atoms with Gasteiger partial charge in [-0.2, -0.15) is 5.26 Å². The Balaban J connectivity index is 2.31. The lowest BCUT2D eigenvalue weighted by atomic mass is 10.2. The molecule has 2 heteroatoms. The minimum Gasteiger partial charge on any atom is -0.253 e. The highest BCUT2D eigenvalue weighted by molar-refractivity contribution is 5.78. The number of nitriles is 1. The number of allylic oxidation sites excluding steroid dienone is 2. The SMILES string of the molecule is N#C/C=C/Cc1ccc2ccccc2n1. The van der Waals surface area contributed by atoms with E-state index in [2.05, 4.69) is 11.1 Å². The lowest BCUT2D eigenvalue weighted by Gasteiger charge is -1.99. The molecule has 0 radical (unpaired) electrons. The minimum absolute atomic E-state index is 0.707. The van der Waals surface area contributed by atoms with Crippen LogP contribution in [0.25, 0.3) is 10.9 Å². The Morgan fingerprint density at radius 2 is 2.07 bits per heavy atom. The van der Waals surface area contributed by atoms with Crippen molar-refractivity contribution >= 4 is 10.9 Å². The number of para-hydroxylation sites is 1. The largest absolute Gasteiger partial charge is 0.253 e. The van der Waals surface area contributed by atoms with Gasteiger partial charge < -0.3 is 0 Å². The smallest absolute Gasteiger partial charge is 0.0908 e. The third kappa shape index (κ3) is 2.21. The van der Waals surface area contributed by atoms with Crippen LogP contribution < -0.4 is 0 Å². The lowest BCUT2D eigenvalue weighted by Crippen LogP contribution is -1.87. The summed E-state index contributed by atoms with van der Waals surface area (Å²) in [4.78, 5) is 4.49. The third-order valence-corrected chi connectivity index (χ3v) is 2.18. The standard InChI is InChI=1S/C13H10N2/c14-10-4-3-6-12-9-8-11-5-1-2-7-13(11)15-12/h1-5,7-9H,6H2/b4-3+. The minimum atomic E-state index is 0.707. The molecule has 2 nitrogen and oxygen atoms in total. The maximum Gasteiger partial charge on any atom is 0.0908 e. The van der Waals surface area contributed by atoms with Crippen molar-refractivity contribution in [3.05, 3.63) is 54.2 Å². The Kier molecular flexibility index (Phi) is 2.75. The molecular weight excluding hydrogens is 184 g/mol. The van der Waals surface area contributed by atoms with E-state index in [1.54, 1.807) is 0 Å². The second-order valence-corrected chi connectivity index (χ2v) is 3.23. The summed E-state index contributed by atoms with van der Waals surface area (Å²) in [7, 11) is 0. The van der Waals surface area contributed by atoms with E-state index in [0.29, 0.717) is 6.42 Å². The van der Waals surface area contributed by atoms with Crippen molar-refractivity contribution in [1.29, 1.82) is 5.26 Å². The Labute approximate surface area is 88.5 Å². The van der Waals surface area contributed by atoms with Crippen LogP contribution >= 0.6 is 0 Å². The molecule has 0 spiro atoms. The van der Waals surface area contributed by atoms with Crippen molar-refractivity contribution in [2.45, 2.75) is 6.42 Å². The summed E-state index contributed by atoms with van der Waals surface area (Å²) in [6.45, 7) is 0. The fourth-order valence-corrected chi connectivity index (χ4v) is 1.45. The van der Waals surface area contributed by atoms with E-state index in [1.165, 1.54) is 6.08 Å². The number of nitrogens with zero attached hydrogens (tertiary/aromatic N) is 2. The van der Waals surface area contributed by atoms with E-state index >= 15 is 0 Å². The first-order valence-electron chi connectivity index (χ1n) is 4.79. The average Bonchev–Trinajstić information content (AvgIpc) is 2.29. The van der Waals surface area contributed by atoms with Crippen LogP contribution in [0.3, 0.4) is 0 Å². The number of fused-ring (bicyclic) bond motifs is 1. The van der Waals surface area contributed by atoms with E-state index in [1.807, 2.05) is 42.5 Å². The third-order valence-electron chi connectivity index (χ3n) is 2.18. The molecule has 0 atom stereocenters. The van der Waals surface area contributed by atoms with Gasteiger partial charge in [0.2, 0.25) is 0 Å². The highest BCUT2D eigenvalue weighted by Crippen LogP contribution is 2.11. The monoisotopic (exact) mass is 194 g/mol. The average molecular weight is 194 g/mol. The summed E-state index contributed by atoms with van der Waals surface area (Å²) >= 11 is 0. The number of benzene rings is 1. The van der Waals surface area contributed by atoms with E-state index in [0.717, 1.165) is 16.6 Å². The summed E-state index contributed by atoms with van der Waals surface area (Å²) in [5.74, 6) is 0. The first-order chi connectivity index (χ1) is 7.40. The van der Waals surface area contributed by atoms with Gasteiger partial charge in [-0.1, -0.05) is 30.3 Å². The van der Waals surface area contributed by atoms with Gasteiger partial charge in [-0.05, 0) is 12.1 Å². The zero-order valence-corrected chi connectivity index (χ0v) is 8.22. The Hall–Kier alpha value is -2.14. The van der Waals surface area contributed by atoms with Crippen LogP contribution in [0.5, 0.6) is 0 Å². The topological polar surface area (TPSA) is 36.7 Å². The van der Waals surface area contributed by atoms with Crippen LogP contribution in [-0.2, 0) is 6.42 Å². The van der Waals surface area contributed by atoms with Crippen molar-refractivity contribution in [3.63, 3.8) is 0 Å². The van der Waals surface area contributed by atoms with Gasteiger partial charge >= 0.3 is 0 Å². The number of hydrogen-bond donors (Lipinski definition) is 0. The molecule has 0 aliphatic heterocycles. The molecule has 0 unspecified atom stereocenters. The molecule has 0 aliphatic rings. The molecule has 1 aromatic carbocycles. The van der Waals surface area contributed by atoms with Crippen LogP contribution in [0, 0.1) is 11.3 Å². The highest BCUT2D eigenvalue weighted by Gasteiger charge is 1.95. The highest BCUT2D eigenvalue weighted by atomic mass is 14.7. The zero-order chi connectivity index (χ0) is 10.5. The fraction of sp³-hybridized carbons (Fsp3) is 0.0769. The molecule has 1 aromatic heterocycles. The van der Waals surface area contributed by atoms with Crippen LogP contribution in [0.4, 0.5) is 0 Å². The second kappa shape index (κ2) is 4.39. The molecule has 1 heterocycles. The summed E-state index contributed by atoms with van der Waals surface area (Å²) in [5.41, 5.74) is 1.99. The van der Waals surface area contributed by atoms with Gasteiger partial charge in [0.1, 0.15) is 0 Å². The summed E-state index contributed by atoms with van der Waals surface area (Å²) < 4.78 is 0. The molecule has 72 valence electrons. The Bertz CT molecular complexity index is 535. The van der Waals surface area contributed by atoms with E-state index in [4.69, 9.17) is 5.26 Å². The second-order valence-electron chi connectivity index (χ2n) is 3.23. The van der Waals surface area contributed by atoms with Gasteiger partial charge in [0.25, 0.3) is 0 Å². The van der Waals surface area contributed by atoms with Crippen molar-refractivity contribution in [1.82, 2.24) is 4.98 Å². The molecule has 2 rings (SSSR count). The molecule has 0 fully saturated rings. The fourth-order valence-electron chi connectivity index (χ4n) is 1.45. The van der Waals surface area contributed by atoms with Gasteiger partial charge in [0, 0.05) is 23.6 Å². The maximum absolute atomic E-state index is 8.36. The molecule has 0 saturated heterocycles. The maximum atomic E-state index is 8.36. The van der Waals surface area contributed by atoms with Crippen LogP contribution in [-0.4, -0.2) is 4.98 Å². The van der Waals surface area contributed by atoms with Crippen molar-refractivity contribution in [2.24, 2.45) is 0 Å². The summed E-state index contributed by atoms with van der Waals surface area (Å²) in [5, 5.41) is 9.50. The Morgan fingerprint density at radius 1 is 1.20 bits per heavy atom. The van der Waals surface area contributed by atoms with Crippen LogP contribution in [0.2, 0.25) is 0 Å². The number of rotatable bonds is 2. The molecule has 0 amide bonds. The van der Waals surface area contributed by atoms with Crippen molar-refractivity contribution in [3.8, 4) is 6.07 Å². The first kappa shape index (κ1) is 9.42. The molecule has 15 heavy (non-hydrogen) atoms. The first-order valence-corrected chi connectivity index (χ1v) is 4.79. The molecular formula is C13H10N2. The van der Waals surface area contributed by atoms with Gasteiger partial charge in [-0.25, -0.2) is 0 Å². The van der Waals surface area contributed by atoms with Gasteiger partial charge in [0.05, 0.1) is 11.6 Å². The van der Waals surface area contributed by atoms with Crippen LogP contribution in [0.15, 0.2) is 48.6 Å². The number of aromatic nitrogens is 1. The Morgan fingerprint density at radius 3 is 2.93 bits per heavy atom. The zero-order valence-electron chi connectivity index (χ0n) is 8.22. The molecule has 0 aliphatic carbocycles.